The molecule has 2 heterocycles. The highest BCUT2D eigenvalue weighted by Crippen LogP contribution is 2.47. The van der Waals surface area contributed by atoms with Crippen molar-refractivity contribution in [1.29, 1.82) is 0 Å². The van der Waals surface area contributed by atoms with E-state index < -0.39 is 5.60 Å². The number of ether oxygens (including phenoxy) is 1. The van der Waals surface area contributed by atoms with Gasteiger partial charge in [0.15, 0.2) is 0 Å². The van der Waals surface area contributed by atoms with E-state index >= 15 is 0 Å². The molecule has 20 heavy (non-hydrogen) atoms. The summed E-state index contributed by atoms with van der Waals surface area (Å²) in [7, 11) is 0. The van der Waals surface area contributed by atoms with E-state index in [1.807, 2.05) is 25.7 Å². The van der Waals surface area contributed by atoms with E-state index in [9.17, 15) is 4.79 Å². The van der Waals surface area contributed by atoms with Gasteiger partial charge in [0.05, 0.1) is 4.87 Å². The number of nitrogens with one attached hydrogen (secondary N) is 1. The van der Waals surface area contributed by atoms with Gasteiger partial charge in [0.1, 0.15) is 5.60 Å². The highest BCUT2D eigenvalue weighted by atomic mass is 32.2. The lowest BCUT2D eigenvalue weighted by Crippen LogP contribution is -2.44. The van der Waals surface area contributed by atoms with Crippen LogP contribution in [0.25, 0.3) is 0 Å². The predicted molar refractivity (Wildman–Crippen MR) is 81.8 cm³/mol. The second-order valence-corrected chi connectivity index (χ2v) is 8.90. The Kier molecular flexibility index (Phi) is 3.70. The van der Waals surface area contributed by atoms with Crippen LogP contribution in [-0.2, 0) is 4.74 Å². The summed E-state index contributed by atoms with van der Waals surface area (Å²) in [5.74, 6) is 2.55. The highest BCUT2D eigenvalue weighted by Gasteiger charge is 2.47. The molecule has 0 radical (unpaired) electrons. The van der Waals surface area contributed by atoms with E-state index in [1.54, 1.807) is 0 Å². The molecule has 1 N–H and O–H groups in total. The van der Waals surface area contributed by atoms with Crippen LogP contribution in [0.15, 0.2) is 0 Å². The molecule has 2 saturated heterocycles. The molecule has 3 rings (SSSR count). The standard InChI is InChI=1S/C15H26N2O2S/c1-14(2,3)19-13(18)17-9-11-4-5-15(8-12(11)10-17)16-6-7-20-15/h11-12,16H,4-10H2,1-3H3. The van der Waals surface area contributed by atoms with Crippen molar-refractivity contribution in [2.45, 2.75) is 50.5 Å². The van der Waals surface area contributed by atoms with E-state index in [0.29, 0.717) is 16.7 Å². The van der Waals surface area contributed by atoms with Crippen LogP contribution in [0.3, 0.4) is 0 Å². The van der Waals surface area contributed by atoms with Gasteiger partial charge in [-0.2, -0.15) is 0 Å². The minimum Gasteiger partial charge on any atom is -0.444 e. The SMILES string of the molecule is CC(C)(C)OC(=O)N1CC2CCC3(CC2C1)NCCS3. The van der Waals surface area contributed by atoms with E-state index in [4.69, 9.17) is 4.74 Å². The first-order chi connectivity index (χ1) is 9.37. The van der Waals surface area contributed by atoms with Crippen molar-refractivity contribution >= 4 is 17.9 Å². The molecule has 0 bridgehead atoms. The molecule has 2 aliphatic heterocycles. The van der Waals surface area contributed by atoms with Crippen molar-refractivity contribution in [2.75, 3.05) is 25.4 Å². The van der Waals surface area contributed by atoms with Gasteiger partial charge in [0.2, 0.25) is 0 Å². The molecule has 0 aromatic rings. The molecule has 4 nitrogen and oxygen atoms in total. The lowest BCUT2D eigenvalue weighted by atomic mass is 9.78. The molecule has 3 fully saturated rings. The van der Waals surface area contributed by atoms with Gasteiger partial charge in [-0.1, -0.05) is 0 Å². The van der Waals surface area contributed by atoms with Crippen molar-refractivity contribution in [3.05, 3.63) is 0 Å². The number of thioether (sulfide) groups is 1. The average molecular weight is 298 g/mol. The first-order valence-electron chi connectivity index (χ1n) is 7.74. The minimum atomic E-state index is -0.394. The number of rotatable bonds is 0. The Labute approximate surface area is 126 Å². The Morgan fingerprint density at radius 1 is 1.35 bits per heavy atom. The lowest BCUT2D eigenvalue weighted by molar-refractivity contribution is 0.0284. The van der Waals surface area contributed by atoms with Gasteiger partial charge in [-0.25, -0.2) is 4.79 Å². The summed E-state index contributed by atoms with van der Waals surface area (Å²) in [5.41, 5.74) is -0.394. The Balaban J connectivity index is 1.60. The van der Waals surface area contributed by atoms with Crippen LogP contribution in [0.1, 0.15) is 40.0 Å². The van der Waals surface area contributed by atoms with Crippen LogP contribution in [0, 0.1) is 11.8 Å². The number of hydrogen-bond donors (Lipinski definition) is 1. The number of likely N-dealkylation sites (tertiary alicyclic amines) is 1. The molecule has 1 aliphatic carbocycles. The smallest absolute Gasteiger partial charge is 0.410 e. The molecule has 1 saturated carbocycles. The number of hydrogen-bond acceptors (Lipinski definition) is 4. The summed E-state index contributed by atoms with van der Waals surface area (Å²) in [6.07, 6.45) is 3.57. The number of fused-ring (bicyclic) bond motifs is 1. The zero-order chi connectivity index (χ0) is 14.4. The fraction of sp³-hybridized carbons (Fsp3) is 0.933. The van der Waals surface area contributed by atoms with Crippen LogP contribution < -0.4 is 5.32 Å². The maximum Gasteiger partial charge on any atom is 0.410 e. The van der Waals surface area contributed by atoms with Crippen molar-refractivity contribution in [2.24, 2.45) is 11.8 Å². The Morgan fingerprint density at radius 2 is 2.10 bits per heavy atom. The van der Waals surface area contributed by atoms with Crippen molar-refractivity contribution in [1.82, 2.24) is 10.2 Å². The molecule has 5 heteroatoms. The summed E-state index contributed by atoms with van der Waals surface area (Å²) in [6, 6.07) is 0. The molecular weight excluding hydrogens is 272 g/mol. The van der Waals surface area contributed by atoms with E-state index in [0.717, 1.165) is 19.6 Å². The van der Waals surface area contributed by atoms with Crippen molar-refractivity contribution in [3.63, 3.8) is 0 Å². The second kappa shape index (κ2) is 5.09. The van der Waals surface area contributed by atoms with Crippen molar-refractivity contribution in [3.8, 4) is 0 Å². The van der Waals surface area contributed by atoms with E-state index in [1.165, 1.54) is 25.0 Å². The zero-order valence-electron chi connectivity index (χ0n) is 12.8. The third kappa shape index (κ3) is 2.93. The normalized spacial score (nSPS) is 37.2. The third-order valence-corrected chi connectivity index (χ3v) is 6.14. The summed E-state index contributed by atoms with van der Waals surface area (Å²) in [5, 5.41) is 3.70. The predicted octanol–water partition coefficient (Wildman–Crippen LogP) is 2.69. The molecule has 3 unspecified atom stereocenters. The molecular formula is C15H26N2O2S. The quantitative estimate of drug-likeness (QED) is 0.746. The Bertz CT molecular complexity index is 388. The van der Waals surface area contributed by atoms with Gasteiger partial charge >= 0.3 is 6.09 Å². The summed E-state index contributed by atoms with van der Waals surface area (Å²) >= 11 is 2.09. The van der Waals surface area contributed by atoms with Gasteiger partial charge in [-0.3, -0.25) is 0 Å². The monoisotopic (exact) mass is 298 g/mol. The first-order valence-corrected chi connectivity index (χ1v) is 8.72. The summed E-state index contributed by atoms with van der Waals surface area (Å²) in [6.45, 7) is 8.70. The van der Waals surface area contributed by atoms with Crippen LogP contribution >= 0.6 is 11.8 Å². The third-order valence-electron chi connectivity index (χ3n) is 4.67. The minimum absolute atomic E-state index is 0.131. The fourth-order valence-electron chi connectivity index (χ4n) is 3.78. The van der Waals surface area contributed by atoms with Crippen LogP contribution in [-0.4, -0.2) is 46.9 Å². The maximum atomic E-state index is 12.2. The van der Waals surface area contributed by atoms with Crippen LogP contribution in [0.5, 0.6) is 0 Å². The largest absolute Gasteiger partial charge is 0.444 e. The first kappa shape index (κ1) is 14.5. The zero-order valence-corrected chi connectivity index (χ0v) is 13.6. The Hall–Kier alpha value is -0.420. The molecule has 1 spiro atoms. The number of carbonyl (C=O) groups is 1. The van der Waals surface area contributed by atoms with E-state index in [2.05, 4.69) is 17.1 Å². The molecule has 1 amide bonds. The van der Waals surface area contributed by atoms with Gasteiger partial charge in [-0.15, -0.1) is 11.8 Å². The average Bonchev–Trinajstić information content (AvgIpc) is 2.94. The van der Waals surface area contributed by atoms with Crippen molar-refractivity contribution < 1.29 is 9.53 Å². The number of nitrogens with zero attached hydrogens (tertiary/aromatic N) is 1. The number of amides is 1. The molecule has 3 atom stereocenters. The fourth-order valence-corrected chi connectivity index (χ4v) is 5.18. The topological polar surface area (TPSA) is 41.6 Å². The van der Waals surface area contributed by atoms with Gasteiger partial charge < -0.3 is 15.0 Å². The Morgan fingerprint density at radius 3 is 2.75 bits per heavy atom. The summed E-state index contributed by atoms with van der Waals surface area (Å²) < 4.78 is 5.51. The van der Waals surface area contributed by atoms with Gasteiger partial charge in [0.25, 0.3) is 0 Å². The molecule has 3 aliphatic rings. The van der Waals surface area contributed by atoms with Gasteiger partial charge in [-0.05, 0) is 51.9 Å². The van der Waals surface area contributed by atoms with Gasteiger partial charge in [0, 0.05) is 25.4 Å². The van der Waals surface area contributed by atoms with Crippen LogP contribution in [0.2, 0.25) is 0 Å². The molecule has 0 aromatic heterocycles. The second-order valence-electron chi connectivity index (χ2n) is 7.42. The lowest BCUT2D eigenvalue weighted by Gasteiger charge is -2.38. The highest BCUT2D eigenvalue weighted by molar-refractivity contribution is 8.00. The van der Waals surface area contributed by atoms with E-state index in [-0.39, 0.29) is 6.09 Å². The maximum absolute atomic E-state index is 12.2. The molecule has 114 valence electrons. The van der Waals surface area contributed by atoms with Crippen LogP contribution in [0.4, 0.5) is 4.79 Å². The summed E-state index contributed by atoms with van der Waals surface area (Å²) in [4.78, 5) is 14.4. The molecule has 0 aromatic carbocycles. The number of carbonyl (C=O) groups excluding carboxylic acids is 1.